The number of benzene rings is 1. The van der Waals surface area contributed by atoms with E-state index >= 15 is 0 Å². The van der Waals surface area contributed by atoms with Gasteiger partial charge < -0.3 is 5.32 Å². The number of amides is 1. The van der Waals surface area contributed by atoms with Crippen molar-refractivity contribution in [2.45, 2.75) is 30.0 Å². The molecule has 1 atom stereocenters. The monoisotopic (exact) mass is 336 g/mol. The number of sulfonamides is 1. The molecule has 0 aromatic heterocycles. The molecule has 9 heteroatoms. The Morgan fingerprint density at radius 1 is 1.27 bits per heavy atom. The minimum atomic E-state index is -4.53. The molecular formula is C13H15F3N2O3S. The fourth-order valence-electron chi connectivity index (χ4n) is 2.32. The molecule has 1 aliphatic heterocycles. The zero-order valence-corrected chi connectivity index (χ0v) is 12.3. The number of hydrogen-bond donors (Lipinski definition) is 1. The molecule has 1 aliphatic rings. The second-order valence-electron chi connectivity index (χ2n) is 4.92. The van der Waals surface area contributed by atoms with Gasteiger partial charge in [0.2, 0.25) is 15.9 Å². The highest BCUT2D eigenvalue weighted by atomic mass is 32.2. The van der Waals surface area contributed by atoms with Crippen LogP contribution >= 0.6 is 0 Å². The molecule has 0 unspecified atom stereocenters. The molecule has 1 saturated heterocycles. The van der Waals surface area contributed by atoms with Crippen LogP contribution in [-0.4, -0.2) is 43.9 Å². The van der Waals surface area contributed by atoms with E-state index in [1.54, 1.807) is 23.5 Å². The van der Waals surface area contributed by atoms with Gasteiger partial charge in [0.15, 0.2) is 0 Å². The van der Waals surface area contributed by atoms with Crippen molar-refractivity contribution < 1.29 is 26.4 Å². The number of halogens is 3. The van der Waals surface area contributed by atoms with Crippen molar-refractivity contribution in [3.8, 4) is 0 Å². The highest BCUT2D eigenvalue weighted by Gasteiger charge is 2.40. The third kappa shape index (κ3) is 3.77. The van der Waals surface area contributed by atoms with Crippen LogP contribution in [0.15, 0.2) is 35.2 Å². The average Bonchev–Trinajstić information content (AvgIpc) is 2.95. The molecule has 2 rings (SSSR count). The number of carbonyl (C=O) groups excluding carboxylic acids is 1. The van der Waals surface area contributed by atoms with Crippen LogP contribution in [0.3, 0.4) is 0 Å². The van der Waals surface area contributed by atoms with Crippen molar-refractivity contribution in [1.29, 1.82) is 0 Å². The van der Waals surface area contributed by atoms with Crippen LogP contribution in [0.2, 0.25) is 0 Å². The van der Waals surface area contributed by atoms with Gasteiger partial charge in [0.05, 0.1) is 4.90 Å². The number of hydrogen-bond acceptors (Lipinski definition) is 3. The molecule has 0 spiro atoms. The lowest BCUT2D eigenvalue weighted by molar-refractivity contribution is -0.140. The van der Waals surface area contributed by atoms with Gasteiger partial charge in [-0.05, 0) is 25.0 Å². The van der Waals surface area contributed by atoms with Gasteiger partial charge in [0.1, 0.15) is 12.6 Å². The third-order valence-corrected chi connectivity index (χ3v) is 5.24. The van der Waals surface area contributed by atoms with Crippen LogP contribution < -0.4 is 5.32 Å². The van der Waals surface area contributed by atoms with E-state index in [0.29, 0.717) is 6.42 Å². The van der Waals surface area contributed by atoms with Crippen molar-refractivity contribution in [2.24, 2.45) is 0 Å². The second kappa shape index (κ2) is 6.25. The number of carbonyl (C=O) groups is 1. The lowest BCUT2D eigenvalue weighted by Crippen LogP contribution is -2.47. The van der Waals surface area contributed by atoms with Crippen LogP contribution in [0.5, 0.6) is 0 Å². The van der Waals surface area contributed by atoms with E-state index in [4.69, 9.17) is 0 Å². The highest BCUT2D eigenvalue weighted by Crippen LogP contribution is 2.26. The molecule has 122 valence electrons. The molecule has 1 aromatic carbocycles. The number of nitrogens with zero attached hydrogens (tertiary/aromatic N) is 1. The summed E-state index contributed by atoms with van der Waals surface area (Å²) in [5.41, 5.74) is 0. The normalized spacial score (nSPS) is 20.0. The first-order chi connectivity index (χ1) is 10.2. The largest absolute Gasteiger partial charge is 0.405 e. The molecule has 0 saturated carbocycles. The summed E-state index contributed by atoms with van der Waals surface area (Å²) in [6.45, 7) is -1.36. The van der Waals surface area contributed by atoms with E-state index in [0.717, 1.165) is 4.31 Å². The van der Waals surface area contributed by atoms with Gasteiger partial charge in [-0.2, -0.15) is 17.5 Å². The van der Waals surface area contributed by atoms with Crippen molar-refractivity contribution >= 4 is 15.9 Å². The maximum Gasteiger partial charge on any atom is 0.405 e. The number of alkyl halides is 3. The molecular weight excluding hydrogens is 321 g/mol. The van der Waals surface area contributed by atoms with Gasteiger partial charge in [-0.3, -0.25) is 4.79 Å². The fourth-order valence-corrected chi connectivity index (χ4v) is 4.00. The Morgan fingerprint density at radius 2 is 1.91 bits per heavy atom. The second-order valence-corrected chi connectivity index (χ2v) is 6.81. The van der Waals surface area contributed by atoms with Gasteiger partial charge in [-0.15, -0.1) is 0 Å². The van der Waals surface area contributed by atoms with E-state index in [1.807, 2.05) is 0 Å². The standard InChI is InChI=1S/C13H15F3N2O3S/c14-13(15,16)9-17-12(19)11-7-4-8-18(11)22(20,21)10-5-2-1-3-6-10/h1-3,5-6,11H,4,7-9H2,(H,17,19)/t11-/m0/s1. The van der Waals surface area contributed by atoms with Gasteiger partial charge >= 0.3 is 6.18 Å². The molecule has 0 radical (unpaired) electrons. The predicted molar refractivity (Wildman–Crippen MR) is 72.4 cm³/mol. The molecule has 1 amide bonds. The van der Waals surface area contributed by atoms with Crippen LogP contribution in [0, 0.1) is 0 Å². The summed E-state index contributed by atoms with van der Waals surface area (Å²) in [5.74, 6) is -0.922. The van der Waals surface area contributed by atoms with E-state index in [1.165, 1.54) is 12.1 Å². The van der Waals surface area contributed by atoms with Crippen LogP contribution in [0.1, 0.15) is 12.8 Å². The van der Waals surface area contributed by atoms with Gasteiger partial charge in [-0.25, -0.2) is 8.42 Å². The lowest BCUT2D eigenvalue weighted by Gasteiger charge is -2.23. The van der Waals surface area contributed by atoms with E-state index in [9.17, 15) is 26.4 Å². The quantitative estimate of drug-likeness (QED) is 0.906. The minimum absolute atomic E-state index is 0.0190. The molecule has 1 aromatic rings. The Kier molecular flexibility index (Phi) is 4.76. The molecule has 1 N–H and O–H groups in total. The van der Waals surface area contributed by atoms with Crippen LogP contribution in [-0.2, 0) is 14.8 Å². The molecule has 5 nitrogen and oxygen atoms in total. The SMILES string of the molecule is O=C(NCC(F)(F)F)[C@@H]1CCCN1S(=O)(=O)c1ccccc1. The van der Waals surface area contributed by atoms with Gasteiger partial charge in [-0.1, -0.05) is 18.2 Å². The van der Waals surface area contributed by atoms with Crippen molar-refractivity contribution in [2.75, 3.05) is 13.1 Å². The van der Waals surface area contributed by atoms with E-state index < -0.39 is 34.7 Å². The maximum absolute atomic E-state index is 12.5. The first kappa shape index (κ1) is 16.8. The smallest absolute Gasteiger partial charge is 0.346 e. The summed E-state index contributed by atoms with van der Waals surface area (Å²) in [6, 6.07) is 6.41. The Bertz CT molecular complexity index is 632. The Labute approximate surface area is 126 Å². The molecule has 1 fully saturated rings. The maximum atomic E-state index is 12.5. The Hall–Kier alpha value is -1.61. The van der Waals surface area contributed by atoms with Gasteiger partial charge in [0.25, 0.3) is 0 Å². The molecule has 22 heavy (non-hydrogen) atoms. The summed E-state index contributed by atoms with van der Waals surface area (Å²) in [5, 5.41) is 1.75. The molecule has 0 bridgehead atoms. The summed E-state index contributed by atoms with van der Waals surface area (Å²) in [7, 11) is -3.90. The summed E-state index contributed by atoms with van der Waals surface area (Å²) < 4.78 is 62.4. The lowest BCUT2D eigenvalue weighted by atomic mass is 10.2. The topological polar surface area (TPSA) is 66.5 Å². The number of nitrogens with one attached hydrogen (secondary N) is 1. The zero-order chi connectivity index (χ0) is 16.4. The third-order valence-electron chi connectivity index (χ3n) is 3.32. The van der Waals surface area contributed by atoms with Crippen molar-refractivity contribution in [3.63, 3.8) is 0 Å². The predicted octanol–water partition coefficient (Wildman–Crippen LogP) is 1.52. The summed E-state index contributed by atoms with van der Waals surface area (Å²) in [4.78, 5) is 11.9. The van der Waals surface area contributed by atoms with Crippen LogP contribution in [0.25, 0.3) is 0 Å². The van der Waals surface area contributed by atoms with Crippen LogP contribution in [0.4, 0.5) is 13.2 Å². The van der Waals surface area contributed by atoms with Gasteiger partial charge in [0, 0.05) is 6.54 Å². The number of rotatable bonds is 4. The molecule has 0 aliphatic carbocycles. The highest BCUT2D eigenvalue weighted by molar-refractivity contribution is 7.89. The van der Waals surface area contributed by atoms with E-state index in [-0.39, 0.29) is 17.9 Å². The fraction of sp³-hybridized carbons (Fsp3) is 0.462. The zero-order valence-electron chi connectivity index (χ0n) is 11.5. The van der Waals surface area contributed by atoms with E-state index in [2.05, 4.69) is 0 Å². The summed E-state index contributed by atoms with van der Waals surface area (Å²) >= 11 is 0. The first-order valence-corrected chi connectivity index (χ1v) is 8.07. The molecule has 1 heterocycles. The Balaban J connectivity index is 2.15. The Morgan fingerprint density at radius 3 is 2.50 bits per heavy atom. The minimum Gasteiger partial charge on any atom is -0.346 e. The average molecular weight is 336 g/mol. The summed E-state index contributed by atoms with van der Waals surface area (Å²) in [6.07, 6.45) is -3.90. The first-order valence-electron chi connectivity index (χ1n) is 6.63. The van der Waals surface area contributed by atoms with Crippen molar-refractivity contribution in [3.05, 3.63) is 30.3 Å². The van der Waals surface area contributed by atoms with Crippen molar-refractivity contribution in [1.82, 2.24) is 9.62 Å².